The zero-order valence-electron chi connectivity index (χ0n) is 20.1. The highest BCUT2D eigenvalue weighted by Gasteiger charge is 2.51. The fourth-order valence-corrected chi connectivity index (χ4v) is 9.89. The average molecular weight is 519 g/mol. The van der Waals surface area contributed by atoms with Crippen LogP contribution in [0.25, 0.3) is 0 Å². The van der Waals surface area contributed by atoms with Gasteiger partial charge in [0, 0.05) is 11.4 Å². The van der Waals surface area contributed by atoms with E-state index in [-0.39, 0.29) is 22.0 Å². The summed E-state index contributed by atoms with van der Waals surface area (Å²) in [5.41, 5.74) is -0.523. The number of benzene rings is 2. The zero-order valence-corrected chi connectivity index (χ0v) is 22.7. The molecule has 6 heteroatoms. The summed E-state index contributed by atoms with van der Waals surface area (Å²) in [7, 11) is -2.64. The zero-order chi connectivity index (χ0) is 23.6. The van der Waals surface area contributed by atoms with Crippen LogP contribution in [0, 0.1) is 0 Å². The summed E-state index contributed by atoms with van der Waals surface area (Å²) in [4.78, 5) is 15.0. The maximum absolute atomic E-state index is 12.9. The number of alkyl halides is 1. The largest absolute Gasteiger partial charge is 0.444 e. The highest BCUT2D eigenvalue weighted by Crippen LogP contribution is 2.37. The Labute approximate surface area is 202 Å². The first-order valence-electron chi connectivity index (χ1n) is 11.3. The molecular formula is C26H36BrNO3Si. The van der Waals surface area contributed by atoms with Crippen molar-refractivity contribution in [3.8, 4) is 0 Å². The van der Waals surface area contributed by atoms with Crippen molar-refractivity contribution >= 4 is 40.7 Å². The van der Waals surface area contributed by atoms with E-state index in [0.29, 0.717) is 13.2 Å². The summed E-state index contributed by atoms with van der Waals surface area (Å²) >= 11 is 3.72. The van der Waals surface area contributed by atoms with E-state index in [4.69, 9.17) is 9.16 Å². The maximum atomic E-state index is 12.9. The van der Waals surface area contributed by atoms with Crippen molar-refractivity contribution in [2.75, 3.05) is 13.2 Å². The predicted molar refractivity (Wildman–Crippen MR) is 138 cm³/mol. The molecule has 0 aliphatic carbocycles. The van der Waals surface area contributed by atoms with E-state index in [9.17, 15) is 4.79 Å². The molecule has 174 valence electrons. The van der Waals surface area contributed by atoms with Gasteiger partial charge in [0.1, 0.15) is 5.60 Å². The van der Waals surface area contributed by atoms with E-state index >= 15 is 0 Å². The molecule has 0 N–H and O–H groups in total. The van der Waals surface area contributed by atoms with Crippen LogP contribution in [0.4, 0.5) is 4.79 Å². The van der Waals surface area contributed by atoms with Crippen LogP contribution in [0.5, 0.6) is 0 Å². The molecule has 0 spiro atoms. The number of rotatable bonds is 5. The van der Waals surface area contributed by atoms with Gasteiger partial charge in [-0.2, -0.15) is 0 Å². The first-order valence-corrected chi connectivity index (χ1v) is 14.1. The van der Waals surface area contributed by atoms with Crippen molar-refractivity contribution in [1.29, 1.82) is 0 Å². The number of carbonyl (C=O) groups is 1. The summed E-state index contributed by atoms with van der Waals surface area (Å²) in [6.45, 7) is 13.6. The van der Waals surface area contributed by atoms with Crippen LogP contribution >= 0.6 is 15.9 Å². The number of amides is 1. The number of nitrogens with zero attached hydrogens (tertiary/aromatic N) is 1. The monoisotopic (exact) mass is 517 g/mol. The van der Waals surface area contributed by atoms with Gasteiger partial charge in [0.2, 0.25) is 0 Å². The summed E-state index contributed by atoms with van der Waals surface area (Å²) in [5.74, 6) is 0. The minimum Gasteiger partial charge on any atom is -0.444 e. The number of likely N-dealkylation sites (tertiary alicyclic amines) is 1. The lowest BCUT2D eigenvalue weighted by Crippen LogP contribution is -2.67. The third kappa shape index (κ3) is 5.46. The fourth-order valence-electron chi connectivity index (χ4n) is 4.54. The van der Waals surface area contributed by atoms with Gasteiger partial charge in [0.25, 0.3) is 8.32 Å². The second-order valence-corrected chi connectivity index (χ2v) is 16.2. The van der Waals surface area contributed by atoms with Gasteiger partial charge in [0.05, 0.1) is 12.6 Å². The molecule has 1 amide bonds. The third-order valence-corrected chi connectivity index (χ3v) is 11.6. The van der Waals surface area contributed by atoms with E-state index in [2.05, 4.69) is 85.2 Å². The molecule has 0 bridgehead atoms. The minimum absolute atomic E-state index is 0.0316. The van der Waals surface area contributed by atoms with Gasteiger partial charge in [0.15, 0.2) is 0 Å². The molecule has 2 aromatic rings. The quantitative estimate of drug-likeness (QED) is 0.397. The first-order chi connectivity index (χ1) is 14.9. The molecule has 0 unspecified atom stereocenters. The summed E-state index contributed by atoms with van der Waals surface area (Å²) in [5, 5.41) is 2.39. The molecule has 1 heterocycles. The van der Waals surface area contributed by atoms with Gasteiger partial charge >= 0.3 is 6.09 Å². The SMILES string of the molecule is CC(C)(C)OC(=O)N1C[C@@H](Br)C[C@H]1CO[Si](c1ccccc1)(c1ccccc1)C(C)(C)C. The second kappa shape index (κ2) is 9.70. The van der Waals surface area contributed by atoms with Gasteiger partial charge in [-0.15, -0.1) is 0 Å². The molecule has 1 aliphatic heterocycles. The summed E-state index contributed by atoms with van der Waals surface area (Å²) in [6.07, 6.45) is 0.577. The first kappa shape index (κ1) is 25.0. The smallest absolute Gasteiger partial charge is 0.410 e. The Hall–Kier alpha value is -1.63. The normalized spacial score (nSPS) is 19.8. The lowest BCUT2D eigenvalue weighted by molar-refractivity contribution is 0.0184. The Morgan fingerprint density at radius 2 is 1.47 bits per heavy atom. The Morgan fingerprint density at radius 1 is 0.969 bits per heavy atom. The number of hydrogen-bond donors (Lipinski definition) is 0. The van der Waals surface area contributed by atoms with E-state index in [1.807, 2.05) is 37.8 Å². The third-order valence-electron chi connectivity index (χ3n) is 5.90. The number of ether oxygens (including phenoxy) is 1. The summed E-state index contributed by atoms with van der Waals surface area (Å²) in [6, 6.07) is 21.2. The topological polar surface area (TPSA) is 38.8 Å². The Bertz CT molecular complexity index is 853. The van der Waals surface area contributed by atoms with Crippen molar-refractivity contribution < 1.29 is 14.0 Å². The van der Waals surface area contributed by atoms with Crippen molar-refractivity contribution in [3.63, 3.8) is 0 Å². The Kier molecular flexibility index (Phi) is 7.57. The van der Waals surface area contributed by atoms with Gasteiger partial charge in [-0.1, -0.05) is 97.4 Å². The molecule has 3 rings (SSSR count). The molecule has 1 aliphatic rings. The predicted octanol–water partition coefficient (Wildman–Crippen LogP) is 5.34. The van der Waals surface area contributed by atoms with Crippen molar-refractivity contribution in [2.24, 2.45) is 0 Å². The number of halogens is 1. The molecule has 1 saturated heterocycles. The van der Waals surface area contributed by atoms with Crippen molar-refractivity contribution in [3.05, 3.63) is 60.7 Å². The van der Waals surface area contributed by atoms with E-state index < -0.39 is 13.9 Å². The standard InChI is InChI=1S/C26H36BrNO3Si/c1-25(2,3)31-24(29)28-18-20(27)17-21(28)19-30-32(26(4,5)6,22-13-9-7-10-14-22)23-15-11-8-12-16-23/h7-16,20-21H,17-19H2,1-6H3/t20-,21-/m0/s1. The minimum atomic E-state index is -2.64. The highest BCUT2D eigenvalue weighted by atomic mass is 79.9. The van der Waals surface area contributed by atoms with Crippen LogP contribution < -0.4 is 10.4 Å². The molecular weight excluding hydrogens is 482 g/mol. The van der Waals surface area contributed by atoms with Crippen LogP contribution in [0.1, 0.15) is 48.0 Å². The van der Waals surface area contributed by atoms with Crippen molar-refractivity contribution in [2.45, 2.75) is 69.5 Å². The van der Waals surface area contributed by atoms with E-state index in [1.165, 1.54) is 10.4 Å². The maximum Gasteiger partial charge on any atom is 0.410 e. The van der Waals surface area contributed by atoms with Crippen molar-refractivity contribution in [1.82, 2.24) is 4.90 Å². The molecule has 0 radical (unpaired) electrons. The number of hydrogen-bond acceptors (Lipinski definition) is 3. The van der Waals surface area contributed by atoms with Gasteiger partial charge in [-0.25, -0.2) is 4.79 Å². The highest BCUT2D eigenvalue weighted by molar-refractivity contribution is 9.09. The second-order valence-electron chi connectivity index (χ2n) is 10.6. The Balaban J connectivity index is 1.96. The lowest BCUT2D eigenvalue weighted by atomic mass is 10.2. The van der Waals surface area contributed by atoms with Gasteiger partial charge in [-0.05, 0) is 42.6 Å². The lowest BCUT2D eigenvalue weighted by Gasteiger charge is -2.44. The van der Waals surface area contributed by atoms with Crippen LogP contribution in [-0.2, 0) is 9.16 Å². The molecule has 4 nitrogen and oxygen atoms in total. The average Bonchev–Trinajstić information content (AvgIpc) is 3.09. The Morgan fingerprint density at radius 3 is 1.91 bits per heavy atom. The fraction of sp³-hybridized carbons (Fsp3) is 0.500. The van der Waals surface area contributed by atoms with Gasteiger partial charge < -0.3 is 14.1 Å². The van der Waals surface area contributed by atoms with Crippen LogP contribution in [0.3, 0.4) is 0 Å². The van der Waals surface area contributed by atoms with E-state index in [0.717, 1.165) is 6.42 Å². The number of carbonyl (C=O) groups excluding carboxylic acids is 1. The molecule has 1 fully saturated rings. The summed E-state index contributed by atoms with van der Waals surface area (Å²) < 4.78 is 12.8. The molecule has 0 aromatic heterocycles. The van der Waals surface area contributed by atoms with Crippen LogP contribution in [0.15, 0.2) is 60.7 Å². The van der Waals surface area contributed by atoms with Gasteiger partial charge in [-0.3, -0.25) is 0 Å². The molecule has 32 heavy (non-hydrogen) atoms. The van der Waals surface area contributed by atoms with E-state index in [1.54, 1.807) is 0 Å². The molecule has 2 aromatic carbocycles. The molecule has 0 saturated carbocycles. The molecule has 2 atom stereocenters. The van der Waals surface area contributed by atoms with Crippen LogP contribution in [0.2, 0.25) is 5.04 Å². The van der Waals surface area contributed by atoms with Crippen LogP contribution in [-0.4, -0.2) is 48.9 Å².